The fourth-order valence-corrected chi connectivity index (χ4v) is 14.1. The first kappa shape index (κ1) is 84.4. The Kier molecular flexibility index (Phi) is 31.8. The summed E-state index contributed by atoms with van der Waals surface area (Å²) in [5.74, 6) is -9.11. The van der Waals surface area contributed by atoms with Crippen molar-refractivity contribution in [3.63, 3.8) is 0 Å². The number of H-pyrrole nitrogens is 2. The van der Waals surface area contributed by atoms with Gasteiger partial charge < -0.3 is 96.7 Å². The minimum absolute atomic E-state index is 0.0260. The molecule has 2 aliphatic rings. The fraction of sp³-hybridized carbons (Fsp3) is 0.481. The maximum Gasteiger partial charge on any atom is 0.245 e. The Hall–Kier alpha value is -11.2. The van der Waals surface area contributed by atoms with Gasteiger partial charge in [0.05, 0.1) is 6.04 Å². The Morgan fingerprint density at radius 1 is 0.455 bits per heavy atom. The number of nitrogens with two attached hydrogens (primary N) is 6. The highest BCUT2D eigenvalue weighted by molar-refractivity contribution is 6.00. The second-order valence-corrected chi connectivity index (χ2v) is 29.4. The van der Waals surface area contributed by atoms with Gasteiger partial charge in [0.25, 0.3) is 0 Å². The van der Waals surface area contributed by atoms with Crippen LogP contribution in [0, 0.1) is 11.8 Å². The molecular formula is C79H109N19O12. The van der Waals surface area contributed by atoms with Gasteiger partial charge in [-0.15, -0.1) is 0 Å². The number of primary amides is 2. The first-order chi connectivity index (χ1) is 52.7. The molecule has 4 heterocycles. The number of rotatable bonds is 42. The molecule has 22 N–H and O–H groups in total. The van der Waals surface area contributed by atoms with Crippen molar-refractivity contribution in [1.82, 2.24) is 62.3 Å². The number of guanidine groups is 1. The van der Waals surface area contributed by atoms with Crippen LogP contribution in [0.4, 0.5) is 0 Å². The molecule has 31 nitrogen and oxygen atoms in total. The number of aromatic amines is 2. The van der Waals surface area contributed by atoms with E-state index >= 15 is 19.2 Å². The molecule has 0 spiro atoms. The van der Waals surface area contributed by atoms with E-state index in [4.69, 9.17) is 34.4 Å². The van der Waals surface area contributed by atoms with E-state index in [0.29, 0.717) is 78.2 Å². The maximum atomic E-state index is 15.5. The molecule has 4 aromatic carbocycles. The molecule has 2 fully saturated rings. The Morgan fingerprint density at radius 3 is 1.34 bits per heavy atom. The highest BCUT2D eigenvalue weighted by Crippen LogP contribution is 2.26. The van der Waals surface area contributed by atoms with Gasteiger partial charge in [-0.05, 0) is 130 Å². The predicted molar refractivity (Wildman–Crippen MR) is 417 cm³/mol. The lowest BCUT2D eigenvalue weighted by Crippen LogP contribution is -2.61. The standard InChI is InChI=1S/C79H109N19O12/c1-46(2)38-59(68(83)100)91-70(102)60(39-47(3)4)92-73(105)64(43-51-45-88-56-28-14-12-25-53(51)56)95-72(104)61(40-48-20-7-5-8-21-48)93-74(106)63(42-50-44-87-55-27-13-11-24-52(50)55)94-69(101)57(32-33-67(82)99)89-71(103)62(41-49-22-9-6-10-23-49)96-76(108)66-31-19-37-98(66)78(110)58(29-15-16-34-80)90-75(107)65-30-18-36-97(65)77(109)54(81)26-17-35-86-79(84)85/h5-14,20-25,27-28,44-47,54,57-66,87-88H,15-19,26,29-43,80-81H2,1-4H3,(H2,82,99)(H2,83,100)(H,89,103)(H,90,107)(H,91,102)(H,92,105)(H,93,106)(H,94,101)(H,95,104)(H,96,108)(H4,84,85,86)/t54-,57+,58+,59+,60+,61+,62-,63+,64-,65+,66+/m1/s1. The van der Waals surface area contributed by atoms with Crippen molar-refractivity contribution in [1.29, 1.82) is 0 Å². The summed E-state index contributed by atoms with van der Waals surface area (Å²) in [5.41, 5.74) is 38.4. The van der Waals surface area contributed by atoms with Crippen molar-refractivity contribution in [3.8, 4) is 0 Å². The fourth-order valence-electron chi connectivity index (χ4n) is 14.1. The summed E-state index contributed by atoms with van der Waals surface area (Å²) in [6.07, 6.45) is 5.43. The first-order valence-electron chi connectivity index (χ1n) is 38.0. The quantitative estimate of drug-likeness (QED) is 0.0145. The number of aliphatic imine (C=N–C) groups is 1. The first-order valence-corrected chi connectivity index (χ1v) is 38.0. The van der Waals surface area contributed by atoms with E-state index in [2.05, 4.69) is 57.5 Å². The number of aromatic nitrogens is 2. The topological polar surface area (TPSA) is 508 Å². The van der Waals surface area contributed by atoms with Crippen molar-refractivity contribution in [2.24, 2.45) is 51.2 Å². The molecule has 592 valence electrons. The highest BCUT2D eigenvalue weighted by atomic mass is 16.2. The zero-order chi connectivity index (χ0) is 79.6. The molecule has 8 rings (SSSR count). The molecule has 2 saturated heterocycles. The van der Waals surface area contributed by atoms with Gasteiger partial charge in [0.1, 0.15) is 60.4 Å². The molecule has 0 aliphatic carbocycles. The van der Waals surface area contributed by atoms with Crippen LogP contribution in [0.5, 0.6) is 0 Å². The van der Waals surface area contributed by atoms with E-state index in [0.717, 1.165) is 10.9 Å². The van der Waals surface area contributed by atoms with Crippen LogP contribution in [0.2, 0.25) is 0 Å². The number of likely N-dealkylation sites (tertiary alicyclic amines) is 2. The van der Waals surface area contributed by atoms with Crippen LogP contribution in [0.15, 0.2) is 127 Å². The normalized spacial score (nSPS) is 16.6. The molecule has 2 aromatic heterocycles. The molecule has 0 unspecified atom stereocenters. The van der Waals surface area contributed by atoms with Crippen LogP contribution >= 0.6 is 0 Å². The molecule has 31 heteroatoms. The Labute approximate surface area is 640 Å². The van der Waals surface area contributed by atoms with Gasteiger partial charge in [-0.1, -0.05) is 125 Å². The molecule has 2 aliphatic heterocycles. The Morgan fingerprint density at radius 2 is 0.864 bits per heavy atom. The molecule has 0 bridgehead atoms. The lowest BCUT2D eigenvalue weighted by molar-refractivity contribution is -0.144. The average Bonchev–Trinajstić information content (AvgIpc) is 1.64. The third-order valence-electron chi connectivity index (χ3n) is 19.8. The van der Waals surface area contributed by atoms with Gasteiger partial charge >= 0.3 is 0 Å². The summed E-state index contributed by atoms with van der Waals surface area (Å²) in [6, 6.07) is 18.1. The second-order valence-electron chi connectivity index (χ2n) is 29.4. The Bertz CT molecular complexity index is 4180. The van der Waals surface area contributed by atoms with E-state index in [1.54, 1.807) is 79.1 Å². The summed E-state index contributed by atoms with van der Waals surface area (Å²) in [6.45, 7) is 8.40. The summed E-state index contributed by atoms with van der Waals surface area (Å²) >= 11 is 0. The van der Waals surface area contributed by atoms with Gasteiger partial charge in [0.15, 0.2) is 5.96 Å². The average molecular weight is 1520 g/mol. The molecule has 0 saturated carbocycles. The zero-order valence-corrected chi connectivity index (χ0v) is 63.1. The summed E-state index contributed by atoms with van der Waals surface area (Å²) in [4.78, 5) is 187. The van der Waals surface area contributed by atoms with Crippen molar-refractivity contribution >= 4 is 98.7 Å². The predicted octanol–water partition coefficient (Wildman–Crippen LogP) is 1.13. The monoisotopic (exact) mass is 1520 g/mol. The minimum atomic E-state index is -1.62. The minimum Gasteiger partial charge on any atom is -0.370 e. The Balaban J connectivity index is 1.06. The van der Waals surface area contributed by atoms with Crippen molar-refractivity contribution < 1.29 is 57.5 Å². The van der Waals surface area contributed by atoms with E-state index in [9.17, 15) is 38.4 Å². The summed E-state index contributed by atoms with van der Waals surface area (Å²) in [5, 5.41) is 24.1. The number of benzene rings is 4. The van der Waals surface area contributed by atoms with Crippen LogP contribution in [0.3, 0.4) is 0 Å². The molecule has 6 aromatic rings. The van der Waals surface area contributed by atoms with Gasteiger partial charge in [-0.25, -0.2) is 0 Å². The maximum absolute atomic E-state index is 15.5. The van der Waals surface area contributed by atoms with Crippen LogP contribution in [-0.2, 0) is 83.2 Å². The molecule has 11 atom stereocenters. The largest absolute Gasteiger partial charge is 0.370 e. The number of unbranched alkanes of at least 4 members (excludes halogenated alkanes) is 1. The van der Waals surface area contributed by atoms with E-state index in [-0.39, 0.29) is 95.2 Å². The number of amides is 12. The lowest BCUT2D eigenvalue weighted by atomic mass is 9.98. The third kappa shape index (κ3) is 24.7. The molecular weight excluding hydrogens is 1410 g/mol. The number of nitrogens with zero attached hydrogens (tertiary/aromatic N) is 3. The number of carbonyl (C=O) groups is 12. The van der Waals surface area contributed by atoms with Crippen molar-refractivity contribution in [2.75, 3.05) is 26.2 Å². The number of hydrogen-bond donors (Lipinski definition) is 16. The van der Waals surface area contributed by atoms with Crippen molar-refractivity contribution in [2.45, 2.75) is 203 Å². The second kappa shape index (κ2) is 41.4. The van der Waals surface area contributed by atoms with Gasteiger partial charge in [-0.2, -0.15) is 0 Å². The smallest absolute Gasteiger partial charge is 0.245 e. The van der Waals surface area contributed by atoms with Gasteiger partial charge in [-0.3, -0.25) is 62.5 Å². The van der Waals surface area contributed by atoms with Crippen LogP contribution < -0.4 is 76.9 Å². The number of fused-ring (bicyclic) bond motifs is 2. The number of para-hydroxylation sites is 2. The van der Waals surface area contributed by atoms with E-state index in [1.807, 2.05) is 70.2 Å². The number of hydrogen-bond acceptors (Lipinski definition) is 15. The SMILES string of the molecule is CC(C)C[C@H](NC(=O)[C@H](CC(C)C)NC(=O)[C@@H](Cc1c[nH]c2ccccc12)NC(=O)[C@H](Cc1ccccc1)NC(=O)[C@H](Cc1c[nH]c2ccccc12)NC(=O)[C@H](CCC(N)=O)NC(=O)[C@@H](Cc1ccccc1)NC(=O)[C@@H]1CCCN1C(=O)[C@H](CCCCN)NC(=O)[C@@H]1CCCN1C(=O)[C@H](N)CCCN=C(N)N)C(N)=O. The number of nitrogens with one attached hydrogen (secondary N) is 10. The van der Waals surface area contributed by atoms with Gasteiger partial charge in [0, 0.05) is 85.9 Å². The molecule has 0 radical (unpaired) electrons. The van der Waals surface area contributed by atoms with Crippen LogP contribution in [0.25, 0.3) is 21.8 Å². The lowest BCUT2D eigenvalue weighted by Gasteiger charge is -2.32. The van der Waals surface area contributed by atoms with Gasteiger partial charge in [0.2, 0.25) is 70.9 Å². The highest BCUT2D eigenvalue weighted by Gasteiger charge is 2.43. The van der Waals surface area contributed by atoms with E-state index < -0.39 is 150 Å². The molecule has 12 amide bonds. The zero-order valence-electron chi connectivity index (χ0n) is 63.1. The summed E-state index contributed by atoms with van der Waals surface area (Å²) < 4.78 is 0. The molecule has 110 heavy (non-hydrogen) atoms. The summed E-state index contributed by atoms with van der Waals surface area (Å²) in [7, 11) is 0. The van der Waals surface area contributed by atoms with Crippen molar-refractivity contribution in [3.05, 3.63) is 144 Å². The van der Waals surface area contributed by atoms with Crippen LogP contribution in [-0.4, -0.2) is 189 Å². The van der Waals surface area contributed by atoms with Crippen LogP contribution in [0.1, 0.15) is 133 Å². The van der Waals surface area contributed by atoms with E-state index in [1.165, 1.54) is 9.80 Å². The third-order valence-corrected chi connectivity index (χ3v) is 19.8. The number of carbonyl (C=O) groups excluding carboxylic acids is 12.